The summed E-state index contributed by atoms with van der Waals surface area (Å²) in [4.78, 5) is 15.8. The van der Waals surface area contributed by atoms with Crippen molar-refractivity contribution in [2.45, 2.75) is 82.0 Å². The number of benzene rings is 2. The van der Waals surface area contributed by atoms with Gasteiger partial charge in [-0.3, -0.25) is 4.79 Å². The lowest BCUT2D eigenvalue weighted by atomic mass is 9.68. The van der Waals surface area contributed by atoms with Gasteiger partial charge in [0.25, 0.3) is 5.91 Å². The standard InChI is InChI=1S/C34H43ClN2O5S/c1-22(2)16-27-7-3-4-8-31(38)28-12-9-25(28)19-37-20-34(15-5-6-23-17-26(35)11-13-29(23)34)21-42-32-14-10-24(18-30(32)37)33(39)36-43(27,40)41/h4,8,10-11,13-14,17-18,22,25,27-28,31,38H,3,5-7,9,12,15-16,19-21H2,1-2H3,(H,36,39)/b8-4+/t25-,27+,28+,31-,34-/m0/s1. The predicted octanol–water partition coefficient (Wildman–Crippen LogP) is 6.02. The molecule has 2 aliphatic heterocycles. The zero-order chi connectivity index (χ0) is 30.4. The van der Waals surface area contributed by atoms with Gasteiger partial charge in [0.05, 0.1) is 23.6 Å². The Bertz CT molecular complexity index is 1510. The quantitative estimate of drug-likeness (QED) is 0.396. The number of carbonyl (C=O) groups excluding carboxylic acids is 1. The van der Waals surface area contributed by atoms with Crippen LogP contribution in [0.1, 0.15) is 80.3 Å². The van der Waals surface area contributed by atoms with Crippen LogP contribution in [0.3, 0.4) is 0 Å². The molecular formula is C34H43ClN2O5S. The van der Waals surface area contributed by atoms with E-state index in [0.717, 1.165) is 49.4 Å². The van der Waals surface area contributed by atoms with Crippen molar-refractivity contribution in [1.82, 2.24) is 4.72 Å². The van der Waals surface area contributed by atoms with E-state index >= 15 is 0 Å². The van der Waals surface area contributed by atoms with E-state index in [1.165, 1.54) is 11.1 Å². The molecule has 2 aromatic rings. The van der Waals surface area contributed by atoms with Gasteiger partial charge in [-0.25, -0.2) is 13.1 Å². The average Bonchev–Trinajstić information content (AvgIpc) is 3.08. The number of ether oxygens (including phenoxy) is 1. The van der Waals surface area contributed by atoms with Gasteiger partial charge in [0.15, 0.2) is 0 Å². The molecule has 1 saturated carbocycles. The van der Waals surface area contributed by atoms with E-state index in [2.05, 4.69) is 21.8 Å². The van der Waals surface area contributed by atoms with E-state index in [-0.39, 0.29) is 23.2 Å². The number of hydrogen-bond donors (Lipinski definition) is 2. The van der Waals surface area contributed by atoms with Gasteiger partial charge in [-0.1, -0.05) is 43.7 Å². The SMILES string of the molecule is CC(C)C[C@H]1CC/C=C/[C@H](O)[C@@H]2CC[C@H]2CN2C[C@@]3(CCCc4cc(Cl)ccc43)COc3ccc(cc32)C(=O)NS1(=O)=O. The summed E-state index contributed by atoms with van der Waals surface area (Å²) >= 11 is 6.39. The predicted molar refractivity (Wildman–Crippen MR) is 170 cm³/mol. The van der Waals surface area contributed by atoms with Crippen LogP contribution in [0, 0.1) is 17.8 Å². The number of nitrogens with one attached hydrogen (secondary N) is 1. The van der Waals surface area contributed by atoms with Crippen molar-refractivity contribution in [3.05, 3.63) is 70.3 Å². The molecule has 7 nitrogen and oxygen atoms in total. The van der Waals surface area contributed by atoms with E-state index in [0.29, 0.717) is 43.7 Å². The fourth-order valence-corrected chi connectivity index (χ4v) is 9.49. The normalized spacial score (nSPS) is 31.2. The molecule has 0 radical (unpaired) electrons. The van der Waals surface area contributed by atoms with Crippen molar-refractivity contribution in [3.8, 4) is 5.75 Å². The van der Waals surface area contributed by atoms with Crippen LogP contribution in [0.5, 0.6) is 5.75 Å². The van der Waals surface area contributed by atoms with Crippen LogP contribution in [0.15, 0.2) is 48.6 Å². The molecule has 2 heterocycles. The Morgan fingerprint density at radius 3 is 2.77 bits per heavy atom. The van der Waals surface area contributed by atoms with Crippen molar-refractivity contribution >= 4 is 33.2 Å². The van der Waals surface area contributed by atoms with Crippen LogP contribution in [-0.4, -0.2) is 50.5 Å². The minimum atomic E-state index is -3.92. The van der Waals surface area contributed by atoms with Crippen LogP contribution >= 0.6 is 11.6 Å². The third-order valence-corrected chi connectivity index (χ3v) is 12.1. The molecule has 232 valence electrons. The number of anilines is 1. The van der Waals surface area contributed by atoms with Gasteiger partial charge in [0.2, 0.25) is 10.0 Å². The fraction of sp³-hybridized carbons (Fsp3) is 0.559. The van der Waals surface area contributed by atoms with Gasteiger partial charge in [0, 0.05) is 29.1 Å². The summed E-state index contributed by atoms with van der Waals surface area (Å²) in [7, 11) is -3.92. The highest BCUT2D eigenvalue weighted by molar-refractivity contribution is 7.90. The number of nitrogens with zero attached hydrogens (tertiary/aromatic N) is 1. The maximum absolute atomic E-state index is 13.5. The second kappa shape index (κ2) is 12.1. The molecule has 2 aromatic carbocycles. The average molecular weight is 627 g/mol. The molecule has 5 atom stereocenters. The molecular weight excluding hydrogens is 584 g/mol. The van der Waals surface area contributed by atoms with Crippen LogP contribution in [0.4, 0.5) is 5.69 Å². The second-order valence-electron chi connectivity index (χ2n) is 13.5. The number of amides is 1. The Hall–Kier alpha value is -2.55. The molecule has 0 saturated heterocycles. The molecule has 6 rings (SSSR count). The highest BCUT2D eigenvalue weighted by atomic mass is 35.5. The molecule has 1 spiro atoms. The molecule has 43 heavy (non-hydrogen) atoms. The number of aliphatic hydroxyl groups is 1. The number of aliphatic hydroxyl groups excluding tert-OH is 1. The number of fused-ring (bicyclic) bond motifs is 4. The first-order valence-corrected chi connectivity index (χ1v) is 17.7. The van der Waals surface area contributed by atoms with E-state index in [1.807, 2.05) is 32.1 Å². The lowest BCUT2D eigenvalue weighted by Crippen LogP contribution is -2.49. The lowest BCUT2D eigenvalue weighted by molar-refractivity contribution is 0.0456. The molecule has 1 fully saturated rings. The Labute approximate surface area is 260 Å². The number of aryl methyl sites for hydroxylation is 1. The van der Waals surface area contributed by atoms with E-state index in [4.69, 9.17) is 16.3 Å². The molecule has 0 aromatic heterocycles. The topological polar surface area (TPSA) is 95.9 Å². The third-order valence-electron chi connectivity index (χ3n) is 10.1. The van der Waals surface area contributed by atoms with Crippen molar-refractivity contribution in [2.24, 2.45) is 17.8 Å². The van der Waals surface area contributed by atoms with Gasteiger partial charge >= 0.3 is 0 Å². The summed E-state index contributed by atoms with van der Waals surface area (Å²) in [5.41, 5.74) is 3.35. The third kappa shape index (κ3) is 6.20. The first-order valence-electron chi connectivity index (χ1n) is 15.8. The van der Waals surface area contributed by atoms with Gasteiger partial charge in [-0.05, 0) is 111 Å². The van der Waals surface area contributed by atoms with Crippen molar-refractivity contribution in [3.63, 3.8) is 0 Å². The number of sulfonamides is 1. The smallest absolute Gasteiger partial charge is 0.264 e. The summed E-state index contributed by atoms with van der Waals surface area (Å²) in [6.07, 6.45) is 9.49. The summed E-state index contributed by atoms with van der Waals surface area (Å²) in [6.45, 7) is 5.89. The van der Waals surface area contributed by atoms with Crippen LogP contribution in [0.2, 0.25) is 5.02 Å². The number of allylic oxidation sites excluding steroid dienone is 1. The summed E-state index contributed by atoms with van der Waals surface area (Å²) < 4.78 is 35.8. The molecule has 0 unspecified atom stereocenters. The highest BCUT2D eigenvalue weighted by Crippen LogP contribution is 2.46. The number of halogens is 1. The number of carbonyl (C=O) groups is 1. The lowest BCUT2D eigenvalue weighted by Gasteiger charge is -2.45. The first kappa shape index (κ1) is 30.5. The largest absolute Gasteiger partial charge is 0.490 e. The minimum absolute atomic E-state index is 0.131. The monoisotopic (exact) mass is 626 g/mol. The van der Waals surface area contributed by atoms with E-state index in [9.17, 15) is 18.3 Å². The number of hydrogen-bond acceptors (Lipinski definition) is 6. The van der Waals surface area contributed by atoms with Gasteiger partial charge in [0.1, 0.15) is 5.75 Å². The van der Waals surface area contributed by atoms with E-state index in [1.54, 1.807) is 18.2 Å². The highest BCUT2D eigenvalue weighted by Gasteiger charge is 2.44. The minimum Gasteiger partial charge on any atom is -0.490 e. The van der Waals surface area contributed by atoms with Gasteiger partial charge in [-0.15, -0.1) is 0 Å². The summed E-state index contributed by atoms with van der Waals surface area (Å²) in [5, 5.41) is 11.2. The molecule has 9 heteroatoms. The van der Waals surface area contributed by atoms with Crippen molar-refractivity contribution in [2.75, 3.05) is 24.6 Å². The summed E-state index contributed by atoms with van der Waals surface area (Å²) in [5.74, 6) is 0.640. The Balaban J connectivity index is 1.41. The number of rotatable bonds is 2. The molecule has 2 bridgehead atoms. The van der Waals surface area contributed by atoms with E-state index < -0.39 is 27.3 Å². The zero-order valence-corrected chi connectivity index (χ0v) is 26.7. The maximum atomic E-state index is 13.5. The summed E-state index contributed by atoms with van der Waals surface area (Å²) in [6, 6.07) is 11.4. The van der Waals surface area contributed by atoms with Crippen LogP contribution in [0.25, 0.3) is 0 Å². The van der Waals surface area contributed by atoms with Crippen molar-refractivity contribution in [1.29, 1.82) is 0 Å². The van der Waals surface area contributed by atoms with Crippen LogP contribution in [-0.2, 0) is 21.9 Å². The molecule has 4 aliphatic rings. The second-order valence-corrected chi connectivity index (χ2v) is 15.9. The van der Waals surface area contributed by atoms with Gasteiger partial charge in [-0.2, -0.15) is 0 Å². The fourth-order valence-electron chi connectivity index (χ4n) is 7.67. The molecule has 2 N–H and O–H groups in total. The van der Waals surface area contributed by atoms with Gasteiger partial charge < -0.3 is 14.7 Å². The zero-order valence-electron chi connectivity index (χ0n) is 25.1. The first-order chi connectivity index (χ1) is 20.5. The molecule has 2 aliphatic carbocycles. The maximum Gasteiger partial charge on any atom is 0.264 e. The Kier molecular flexibility index (Phi) is 8.57. The molecule has 1 amide bonds. The Morgan fingerprint density at radius 1 is 1.16 bits per heavy atom. The Morgan fingerprint density at radius 2 is 2.00 bits per heavy atom. The van der Waals surface area contributed by atoms with Crippen molar-refractivity contribution < 1.29 is 23.1 Å². The van der Waals surface area contributed by atoms with Crippen LogP contribution < -0.4 is 14.4 Å².